The molecule has 0 heterocycles. The van der Waals surface area contributed by atoms with Crippen LogP contribution in [-0.2, 0) is 0 Å². The molecule has 18 heavy (non-hydrogen) atoms. The Morgan fingerprint density at radius 1 is 1.28 bits per heavy atom. The monoisotopic (exact) mass is 255 g/mol. The normalized spacial score (nSPS) is 12.1. The lowest BCUT2D eigenvalue weighted by Gasteiger charge is -2.26. The van der Waals surface area contributed by atoms with E-state index in [1.165, 1.54) is 0 Å². The van der Waals surface area contributed by atoms with Gasteiger partial charge in [-0.1, -0.05) is 0 Å². The number of rotatable bonds is 6. The number of methoxy groups -OCH3 is 2. The molecule has 5 nitrogen and oxygen atoms in total. The van der Waals surface area contributed by atoms with Crippen LogP contribution < -0.4 is 14.4 Å². The van der Waals surface area contributed by atoms with Gasteiger partial charge in [0.05, 0.1) is 32.6 Å². The van der Waals surface area contributed by atoms with Crippen LogP contribution in [0, 0.1) is 6.92 Å². The predicted molar refractivity (Wildman–Crippen MR) is 70.6 cm³/mol. The number of aliphatic hydroxyl groups is 2. The number of benzene rings is 1. The van der Waals surface area contributed by atoms with Gasteiger partial charge in [-0.25, -0.2) is 0 Å². The minimum absolute atomic E-state index is 0.262. The number of hydrogen-bond donors (Lipinski definition) is 2. The summed E-state index contributed by atoms with van der Waals surface area (Å²) in [4.78, 5) is 1.86. The Labute approximate surface area is 108 Å². The van der Waals surface area contributed by atoms with E-state index in [2.05, 4.69) is 0 Å². The van der Waals surface area contributed by atoms with Crippen molar-refractivity contribution in [3.63, 3.8) is 0 Å². The quantitative estimate of drug-likeness (QED) is 0.787. The molecule has 1 aromatic rings. The molecular weight excluding hydrogens is 234 g/mol. The second-order valence-corrected chi connectivity index (χ2v) is 4.21. The summed E-state index contributed by atoms with van der Waals surface area (Å²) in [5.74, 6) is 1.41. The summed E-state index contributed by atoms with van der Waals surface area (Å²) < 4.78 is 10.5. The van der Waals surface area contributed by atoms with E-state index in [9.17, 15) is 5.11 Å². The van der Waals surface area contributed by atoms with E-state index in [4.69, 9.17) is 14.6 Å². The van der Waals surface area contributed by atoms with Crippen molar-refractivity contribution >= 4 is 5.69 Å². The molecule has 1 aromatic carbocycles. The smallest absolute Gasteiger partial charge is 0.146 e. The topological polar surface area (TPSA) is 62.2 Å². The third-order valence-electron chi connectivity index (χ3n) is 2.77. The van der Waals surface area contributed by atoms with Crippen LogP contribution in [0.4, 0.5) is 5.69 Å². The highest BCUT2D eigenvalue weighted by atomic mass is 16.5. The Morgan fingerprint density at radius 3 is 2.44 bits per heavy atom. The van der Waals surface area contributed by atoms with Crippen LogP contribution in [0.25, 0.3) is 0 Å². The molecule has 1 rings (SSSR count). The highest BCUT2D eigenvalue weighted by molar-refractivity contribution is 5.65. The average Bonchev–Trinajstić information content (AvgIpc) is 2.36. The predicted octanol–water partition coefficient (Wildman–Crippen LogP) is 0.802. The van der Waals surface area contributed by atoms with Crippen LogP contribution in [0.3, 0.4) is 0 Å². The van der Waals surface area contributed by atoms with Gasteiger partial charge in [-0.3, -0.25) is 0 Å². The van der Waals surface area contributed by atoms with Crippen LogP contribution in [0.15, 0.2) is 12.1 Å². The molecule has 0 spiro atoms. The molecule has 0 radical (unpaired) electrons. The number of ether oxygens (including phenoxy) is 2. The zero-order valence-corrected chi connectivity index (χ0v) is 11.3. The average molecular weight is 255 g/mol. The Hall–Kier alpha value is -1.46. The number of hydrogen-bond acceptors (Lipinski definition) is 5. The van der Waals surface area contributed by atoms with Crippen molar-refractivity contribution in [2.24, 2.45) is 0 Å². The van der Waals surface area contributed by atoms with E-state index >= 15 is 0 Å². The number of aryl methyl sites for hydroxylation is 1. The van der Waals surface area contributed by atoms with Gasteiger partial charge in [-0.15, -0.1) is 0 Å². The highest BCUT2D eigenvalue weighted by Crippen LogP contribution is 2.35. The molecule has 5 heteroatoms. The molecule has 0 saturated heterocycles. The molecule has 1 unspecified atom stereocenters. The fourth-order valence-corrected chi connectivity index (χ4v) is 1.94. The fourth-order valence-electron chi connectivity index (χ4n) is 1.94. The summed E-state index contributed by atoms with van der Waals surface area (Å²) in [5, 5.41) is 18.4. The Balaban J connectivity index is 3.06. The number of nitrogens with zero attached hydrogens (tertiary/aromatic N) is 1. The maximum atomic E-state index is 9.49. The van der Waals surface area contributed by atoms with Gasteiger partial charge in [0.1, 0.15) is 11.5 Å². The third kappa shape index (κ3) is 3.27. The van der Waals surface area contributed by atoms with Crippen molar-refractivity contribution in [2.45, 2.75) is 13.0 Å². The van der Waals surface area contributed by atoms with Gasteiger partial charge < -0.3 is 24.6 Å². The van der Waals surface area contributed by atoms with Crippen molar-refractivity contribution in [3.8, 4) is 11.5 Å². The van der Waals surface area contributed by atoms with Gasteiger partial charge in [0.15, 0.2) is 0 Å². The van der Waals surface area contributed by atoms with E-state index in [1.54, 1.807) is 20.3 Å². The molecule has 0 aromatic heterocycles. The Bertz CT molecular complexity index is 395. The van der Waals surface area contributed by atoms with Crippen LogP contribution in [0.1, 0.15) is 5.56 Å². The zero-order valence-electron chi connectivity index (χ0n) is 11.3. The van der Waals surface area contributed by atoms with Gasteiger partial charge in [-0.2, -0.15) is 0 Å². The van der Waals surface area contributed by atoms with Crippen molar-refractivity contribution in [1.82, 2.24) is 0 Å². The second kappa shape index (κ2) is 6.47. The molecule has 1 atom stereocenters. The molecule has 0 aliphatic rings. The second-order valence-electron chi connectivity index (χ2n) is 4.21. The first-order chi connectivity index (χ1) is 8.53. The van der Waals surface area contributed by atoms with E-state index in [0.29, 0.717) is 12.3 Å². The van der Waals surface area contributed by atoms with Gasteiger partial charge in [0, 0.05) is 19.7 Å². The summed E-state index contributed by atoms with van der Waals surface area (Å²) in [7, 11) is 5.04. The summed E-state index contributed by atoms with van der Waals surface area (Å²) in [6.07, 6.45) is -0.777. The summed E-state index contributed by atoms with van der Waals surface area (Å²) in [5.41, 5.74) is 1.87. The van der Waals surface area contributed by atoms with Crippen molar-refractivity contribution < 1.29 is 19.7 Å². The third-order valence-corrected chi connectivity index (χ3v) is 2.77. The molecule has 0 fully saturated rings. The molecule has 0 aliphatic heterocycles. The number of anilines is 1. The zero-order chi connectivity index (χ0) is 13.7. The van der Waals surface area contributed by atoms with Crippen molar-refractivity contribution in [1.29, 1.82) is 0 Å². The fraction of sp³-hybridized carbons (Fsp3) is 0.538. The maximum absolute atomic E-state index is 9.49. The first-order valence-corrected chi connectivity index (χ1v) is 5.76. The van der Waals surface area contributed by atoms with Crippen LogP contribution in [0.5, 0.6) is 11.5 Å². The largest absolute Gasteiger partial charge is 0.497 e. The molecule has 0 bridgehead atoms. The van der Waals surface area contributed by atoms with E-state index in [1.807, 2.05) is 24.9 Å². The lowest BCUT2D eigenvalue weighted by Crippen LogP contribution is -2.31. The van der Waals surface area contributed by atoms with E-state index in [0.717, 1.165) is 17.0 Å². The van der Waals surface area contributed by atoms with Gasteiger partial charge in [0.25, 0.3) is 0 Å². The Kier molecular flexibility index (Phi) is 5.25. The minimum Gasteiger partial charge on any atom is -0.497 e. The SMILES string of the molecule is COc1cc(C)c(N(C)CC(O)CO)c(OC)c1. The van der Waals surface area contributed by atoms with Crippen molar-refractivity contribution in [2.75, 3.05) is 39.3 Å². The lowest BCUT2D eigenvalue weighted by molar-refractivity contribution is 0.101. The van der Waals surface area contributed by atoms with E-state index < -0.39 is 6.10 Å². The van der Waals surface area contributed by atoms with Gasteiger partial charge in [0.2, 0.25) is 0 Å². The van der Waals surface area contributed by atoms with Crippen molar-refractivity contribution in [3.05, 3.63) is 17.7 Å². The maximum Gasteiger partial charge on any atom is 0.146 e. The Morgan fingerprint density at radius 2 is 1.94 bits per heavy atom. The first-order valence-electron chi connectivity index (χ1n) is 5.76. The number of aliphatic hydroxyl groups excluding tert-OH is 2. The first kappa shape index (κ1) is 14.6. The number of likely N-dealkylation sites (N-methyl/N-ethyl adjacent to an activating group) is 1. The summed E-state index contributed by atoms with van der Waals surface area (Å²) in [6.45, 7) is 2.02. The van der Waals surface area contributed by atoms with Crippen LogP contribution >= 0.6 is 0 Å². The molecule has 0 saturated carbocycles. The lowest BCUT2D eigenvalue weighted by atomic mass is 10.1. The summed E-state index contributed by atoms with van der Waals surface area (Å²) in [6, 6.07) is 3.70. The van der Waals surface area contributed by atoms with Gasteiger partial charge in [-0.05, 0) is 18.6 Å². The molecular formula is C13H21NO4. The minimum atomic E-state index is -0.777. The van der Waals surface area contributed by atoms with Crippen LogP contribution in [-0.4, -0.2) is 50.7 Å². The molecule has 2 N–H and O–H groups in total. The molecule has 102 valence electrons. The van der Waals surface area contributed by atoms with Gasteiger partial charge >= 0.3 is 0 Å². The molecule has 0 aliphatic carbocycles. The standard InChI is InChI=1S/C13H21NO4/c1-9-5-11(17-3)6-12(18-4)13(9)14(2)7-10(16)8-15/h5-6,10,15-16H,7-8H2,1-4H3. The highest BCUT2D eigenvalue weighted by Gasteiger charge is 2.16. The summed E-state index contributed by atoms with van der Waals surface area (Å²) >= 11 is 0. The van der Waals surface area contributed by atoms with Crippen LogP contribution in [0.2, 0.25) is 0 Å². The molecule has 0 amide bonds. The van der Waals surface area contributed by atoms with E-state index in [-0.39, 0.29) is 6.61 Å².